The van der Waals surface area contributed by atoms with Crippen molar-refractivity contribution in [2.24, 2.45) is 5.92 Å². The molecule has 0 spiro atoms. The summed E-state index contributed by atoms with van der Waals surface area (Å²) in [5.74, 6) is -1.89. The standard InChI is InChI=1S/C27H41F2N3O4/c1-4-6-7-19-8-9-32(27(19)35)17(3)26(34)31-24(13-18-11-20(28)14-21(29)12-18)25(33)23-15-22(16-30-23)36-10-5-2/h11-12,14,17,19,22-25,30,33H,4-10,13,15-16H2,1-3H3,(H,31,34)/t17-,19-,22?,23+,24?,25+/m0/s1. The molecule has 0 aromatic heterocycles. The molecule has 0 bridgehead atoms. The molecular weight excluding hydrogens is 468 g/mol. The number of likely N-dealkylation sites (tertiary alicyclic amines) is 1. The van der Waals surface area contributed by atoms with Gasteiger partial charge in [0.15, 0.2) is 0 Å². The van der Waals surface area contributed by atoms with Crippen molar-refractivity contribution in [2.45, 2.75) is 96.1 Å². The van der Waals surface area contributed by atoms with E-state index >= 15 is 0 Å². The SMILES string of the molecule is CCCC[C@H]1CCN([C@@H](C)C(=O)NC(Cc2cc(F)cc(F)c2)[C@H](O)[C@H]2CC(OCCC)CN2)C1=O. The normalized spacial score (nSPS) is 24.7. The third-order valence-electron chi connectivity index (χ3n) is 7.32. The number of carbonyl (C=O) groups is 2. The lowest BCUT2D eigenvalue weighted by Crippen LogP contribution is -2.56. The fourth-order valence-corrected chi connectivity index (χ4v) is 5.24. The molecule has 1 aromatic carbocycles. The van der Waals surface area contributed by atoms with E-state index in [4.69, 9.17) is 4.74 Å². The van der Waals surface area contributed by atoms with Crippen molar-refractivity contribution in [1.82, 2.24) is 15.5 Å². The fraction of sp³-hybridized carbons (Fsp3) is 0.704. The Morgan fingerprint density at radius 2 is 1.97 bits per heavy atom. The number of benzene rings is 1. The quantitative estimate of drug-likeness (QED) is 0.380. The van der Waals surface area contributed by atoms with Gasteiger partial charge in [-0.25, -0.2) is 8.78 Å². The van der Waals surface area contributed by atoms with Gasteiger partial charge < -0.3 is 25.4 Å². The average Bonchev–Trinajstić information content (AvgIpc) is 3.46. The molecule has 2 unspecified atom stereocenters. The summed E-state index contributed by atoms with van der Waals surface area (Å²) in [7, 11) is 0. The van der Waals surface area contributed by atoms with Gasteiger partial charge in [0.1, 0.15) is 17.7 Å². The van der Waals surface area contributed by atoms with Crippen LogP contribution in [0.3, 0.4) is 0 Å². The second-order valence-corrected chi connectivity index (χ2v) is 10.2. The number of aliphatic hydroxyl groups excluding tert-OH is 1. The topological polar surface area (TPSA) is 90.9 Å². The minimum Gasteiger partial charge on any atom is -0.389 e. The number of rotatable bonds is 13. The van der Waals surface area contributed by atoms with E-state index in [-0.39, 0.29) is 30.4 Å². The van der Waals surface area contributed by atoms with Gasteiger partial charge in [-0.3, -0.25) is 9.59 Å². The first-order chi connectivity index (χ1) is 17.2. The molecule has 2 fully saturated rings. The monoisotopic (exact) mass is 509 g/mol. The van der Waals surface area contributed by atoms with Crippen LogP contribution in [-0.2, 0) is 20.7 Å². The van der Waals surface area contributed by atoms with E-state index in [0.717, 1.165) is 38.2 Å². The average molecular weight is 510 g/mol. The van der Waals surface area contributed by atoms with Crippen LogP contribution in [0.4, 0.5) is 8.78 Å². The van der Waals surface area contributed by atoms with Crippen LogP contribution in [0, 0.1) is 17.6 Å². The third kappa shape index (κ3) is 7.46. The summed E-state index contributed by atoms with van der Waals surface area (Å²) in [5.41, 5.74) is 0.332. The smallest absolute Gasteiger partial charge is 0.242 e. The number of carbonyl (C=O) groups excluding carboxylic acids is 2. The Bertz CT molecular complexity index is 866. The zero-order valence-corrected chi connectivity index (χ0v) is 21.6. The summed E-state index contributed by atoms with van der Waals surface area (Å²) in [6.45, 7) is 7.51. The van der Waals surface area contributed by atoms with E-state index in [0.29, 0.717) is 31.7 Å². The molecule has 202 valence electrons. The first-order valence-electron chi connectivity index (χ1n) is 13.3. The zero-order valence-electron chi connectivity index (χ0n) is 21.6. The van der Waals surface area contributed by atoms with Gasteiger partial charge in [0, 0.05) is 37.7 Å². The maximum Gasteiger partial charge on any atom is 0.242 e. The molecule has 36 heavy (non-hydrogen) atoms. The van der Waals surface area contributed by atoms with Gasteiger partial charge in [-0.05, 0) is 56.7 Å². The summed E-state index contributed by atoms with van der Waals surface area (Å²) < 4.78 is 33.5. The molecular formula is C27H41F2N3O4. The Labute approximate surface area is 213 Å². The van der Waals surface area contributed by atoms with Gasteiger partial charge >= 0.3 is 0 Å². The molecule has 2 saturated heterocycles. The highest BCUT2D eigenvalue weighted by Crippen LogP contribution is 2.25. The van der Waals surface area contributed by atoms with Crippen molar-refractivity contribution in [3.05, 3.63) is 35.4 Å². The van der Waals surface area contributed by atoms with Gasteiger partial charge in [0.2, 0.25) is 11.8 Å². The third-order valence-corrected chi connectivity index (χ3v) is 7.32. The maximum atomic E-state index is 13.9. The molecule has 3 N–H and O–H groups in total. The lowest BCUT2D eigenvalue weighted by Gasteiger charge is -2.31. The highest BCUT2D eigenvalue weighted by atomic mass is 19.1. The largest absolute Gasteiger partial charge is 0.389 e. The Hall–Kier alpha value is -2.10. The molecule has 2 aliphatic heterocycles. The first-order valence-corrected chi connectivity index (χ1v) is 13.3. The number of unbranched alkanes of at least 4 members (excludes halogenated alkanes) is 1. The second-order valence-electron chi connectivity index (χ2n) is 10.2. The number of halogens is 2. The first kappa shape index (κ1) is 28.5. The van der Waals surface area contributed by atoms with Gasteiger partial charge in [0.05, 0.1) is 18.2 Å². The highest BCUT2D eigenvalue weighted by Gasteiger charge is 2.39. The summed E-state index contributed by atoms with van der Waals surface area (Å²) in [4.78, 5) is 27.7. The Morgan fingerprint density at radius 3 is 2.64 bits per heavy atom. The van der Waals surface area contributed by atoms with E-state index < -0.39 is 35.7 Å². The Balaban J connectivity index is 1.71. The molecule has 6 atom stereocenters. The van der Waals surface area contributed by atoms with Crippen LogP contribution < -0.4 is 10.6 Å². The molecule has 2 heterocycles. The number of nitrogens with one attached hydrogen (secondary N) is 2. The molecule has 0 radical (unpaired) electrons. The summed E-state index contributed by atoms with van der Waals surface area (Å²) >= 11 is 0. The van der Waals surface area contributed by atoms with Crippen LogP contribution in [0.25, 0.3) is 0 Å². The van der Waals surface area contributed by atoms with E-state index in [2.05, 4.69) is 17.6 Å². The summed E-state index contributed by atoms with van der Waals surface area (Å²) in [6.07, 6.45) is 3.96. The molecule has 9 heteroatoms. The van der Waals surface area contributed by atoms with Crippen molar-refractivity contribution in [3.63, 3.8) is 0 Å². The van der Waals surface area contributed by atoms with Crippen LogP contribution >= 0.6 is 0 Å². The van der Waals surface area contributed by atoms with Crippen LogP contribution in [0.15, 0.2) is 18.2 Å². The van der Waals surface area contributed by atoms with Gasteiger partial charge in [-0.2, -0.15) is 0 Å². The van der Waals surface area contributed by atoms with E-state index in [1.54, 1.807) is 11.8 Å². The minimum absolute atomic E-state index is 0.0104. The fourth-order valence-electron chi connectivity index (χ4n) is 5.24. The summed E-state index contributed by atoms with van der Waals surface area (Å²) in [6, 6.07) is 1.33. The van der Waals surface area contributed by atoms with Crippen molar-refractivity contribution < 1.29 is 28.2 Å². The van der Waals surface area contributed by atoms with Crippen LogP contribution in [0.5, 0.6) is 0 Å². The predicted octanol–water partition coefficient (Wildman–Crippen LogP) is 2.94. The molecule has 2 amide bonds. The van der Waals surface area contributed by atoms with Crippen molar-refractivity contribution in [3.8, 4) is 0 Å². The maximum absolute atomic E-state index is 13.9. The van der Waals surface area contributed by atoms with Crippen LogP contribution in [0.1, 0.15) is 64.9 Å². The lowest BCUT2D eigenvalue weighted by molar-refractivity contribution is -0.139. The van der Waals surface area contributed by atoms with Crippen LogP contribution in [0.2, 0.25) is 0 Å². The number of ether oxygens (including phenoxy) is 1. The molecule has 0 saturated carbocycles. The van der Waals surface area contributed by atoms with E-state index in [1.807, 2.05) is 6.92 Å². The van der Waals surface area contributed by atoms with Gasteiger partial charge in [-0.15, -0.1) is 0 Å². The molecule has 7 nitrogen and oxygen atoms in total. The number of amides is 2. The van der Waals surface area contributed by atoms with Crippen molar-refractivity contribution in [2.75, 3.05) is 19.7 Å². The van der Waals surface area contributed by atoms with Crippen LogP contribution in [-0.4, -0.2) is 71.9 Å². The Morgan fingerprint density at radius 1 is 1.25 bits per heavy atom. The lowest BCUT2D eigenvalue weighted by atomic mass is 9.94. The zero-order chi connectivity index (χ0) is 26.2. The number of nitrogens with zero attached hydrogens (tertiary/aromatic N) is 1. The Kier molecular flexibility index (Phi) is 10.6. The number of hydrogen-bond acceptors (Lipinski definition) is 5. The van der Waals surface area contributed by atoms with E-state index in [9.17, 15) is 23.5 Å². The second kappa shape index (κ2) is 13.4. The van der Waals surface area contributed by atoms with E-state index in [1.165, 1.54) is 12.1 Å². The molecule has 1 aromatic rings. The predicted molar refractivity (Wildman–Crippen MR) is 133 cm³/mol. The molecule has 2 aliphatic rings. The molecule has 0 aliphatic carbocycles. The summed E-state index contributed by atoms with van der Waals surface area (Å²) in [5, 5.41) is 17.4. The highest BCUT2D eigenvalue weighted by molar-refractivity contribution is 5.89. The molecule has 3 rings (SSSR count). The van der Waals surface area contributed by atoms with Gasteiger partial charge in [0.25, 0.3) is 0 Å². The number of aliphatic hydroxyl groups is 1. The van der Waals surface area contributed by atoms with Crippen molar-refractivity contribution in [1.29, 1.82) is 0 Å². The minimum atomic E-state index is -1.02. The van der Waals surface area contributed by atoms with Gasteiger partial charge in [-0.1, -0.05) is 26.7 Å². The number of hydrogen-bond donors (Lipinski definition) is 3. The van der Waals surface area contributed by atoms with Crippen molar-refractivity contribution >= 4 is 11.8 Å².